The fraction of sp³-hybridized carbons (Fsp3) is 0.417. The minimum atomic E-state index is -0.250. The molecule has 178 valence electrons. The molecular weight excluding hydrogens is 483 g/mol. The monoisotopic (exact) mass is 510 g/mol. The Hall–Kier alpha value is -2.06. The number of fused-ring (bicyclic) bond motifs is 2. The van der Waals surface area contributed by atoms with Crippen LogP contribution < -0.4 is 5.32 Å². The van der Waals surface area contributed by atoms with Gasteiger partial charge in [-0.2, -0.15) is 0 Å². The normalized spacial score (nSPS) is 17.8. The van der Waals surface area contributed by atoms with Gasteiger partial charge in [-0.3, -0.25) is 9.59 Å². The van der Waals surface area contributed by atoms with E-state index in [1.807, 2.05) is 13.0 Å². The third-order valence-electron chi connectivity index (χ3n) is 6.09. The van der Waals surface area contributed by atoms with Crippen LogP contribution in [0.4, 0.5) is 0 Å². The fourth-order valence-electron chi connectivity index (χ4n) is 4.65. The number of H-pyrrole nitrogens is 1. The first kappa shape index (κ1) is 25.6. The molecule has 0 bridgehead atoms. The van der Waals surface area contributed by atoms with Crippen LogP contribution in [0.3, 0.4) is 0 Å². The van der Waals surface area contributed by atoms with Crippen LogP contribution in [0.1, 0.15) is 54.2 Å². The van der Waals surface area contributed by atoms with E-state index in [0.717, 1.165) is 42.7 Å². The van der Waals surface area contributed by atoms with Crippen molar-refractivity contribution in [3.8, 4) is 0 Å². The molecule has 2 unspecified atom stereocenters. The summed E-state index contributed by atoms with van der Waals surface area (Å²) in [6.45, 7) is 5.48. The number of carbonyl (C=O) groups is 2. The van der Waals surface area contributed by atoms with E-state index < -0.39 is 0 Å². The summed E-state index contributed by atoms with van der Waals surface area (Å²) < 4.78 is 7.06. The number of halogens is 2. The van der Waals surface area contributed by atoms with Crippen LogP contribution in [0.5, 0.6) is 0 Å². The summed E-state index contributed by atoms with van der Waals surface area (Å²) in [6, 6.07) is 10.4. The Balaban J connectivity index is 0.000000968. The van der Waals surface area contributed by atoms with Crippen LogP contribution in [0.15, 0.2) is 30.3 Å². The SMILES string of the molecule is CCOCCC(CC)[C@@H]1c2ccccc2CC1NC(=O)c1cc2sc(Cl)c(Cl)c2[nH]1.O=CO. The Morgan fingerprint density at radius 3 is 2.76 bits per heavy atom. The summed E-state index contributed by atoms with van der Waals surface area (Å²) in [4.78, 5) is 24.6. The number of nitrogens with one attached hydrogen (secondary N) is 2. The van der Waals surface area contributed by atoms with E-state index in [9.17, 15) is 4.79 Å². The molecule has 1 aliphatic carbocycles. The summed E-state index contributed by atoms with van der Waals surface area (Å²) in [5.74, 6) is 0.628. The number of rotatable bonds is 8. The quantitative estimate of drug-likeness (QED) is 0.251. The maximum Gasteiger partial charge on any atom is 0.290 e. The molecule has 0 saturated heterocycles. The highest BCUT2D eigenvalue weighted by atomic mass is 35.5. The largest absolute Gasteiger partial charge is 0.483 e. The average molecular weight is 511 g/mol. The molecule has 6 nitrogen and oxygen atoms in total. The lowest BCUT2D eigenvalue weighted by Gasteiger charge is -2.29. The van der Waals surface area contributed by atoms with Crippen molar-refractivity contribution >= 4 is 57.1 Å². The molecule has 3 aromatic rings. The van der Waals surface area contributed by atoms with Gasteiger partial charge in [0.15, 0.2) is 0 Å². The van der Waals surface area contributed by atoms with Gasteiger partial charge in [0, 0.05) is 25.2 Å². The van der Waals surface area contributed by atoms with Crippen molar-refractivity contribution in [3.05, 3.63) is 56.5 Å². The molecule has 1 amide bonds. The Labute approximate surface area is 207 Å². The van der Waals surface area contributed by atoms with Crippen molar-refractivity contribution in [2.45, 2.75) is 45.1 Å². The molecule has 0 radical (unpaired) electrons. The van der Waals surface area contributed by atoms with Gasteiger partial charge >= 0.3 is 0 Å². The topological polar surface area (TPSA) is 91.4 Å². The molecule has 3 atom stereocenters. The summed E-state index contributed by atoms with van der Waals surface area (Å²) in [6.07, 6.45) is 2.88. The number of aromatic amines is 1. The van der Waals surface area contributed by atoms with Crippen LogP contribution in [-0.4, -0.2) is 41.7 Å². The highest BCUT2D eigenvalue weighted by molar-refractivity contribution is 7.23. The zero-order valence-electron chi connectivity index (χ0n) is 18.6. The summed E-state index contributed by atoms with van der Waals surface area (Å²) >= 11 is 13.7. The van der Waals surface area contributed by atoms with Gasteiger partial charge in [-0.25, -0.2) is 0 Å². The standard InChI is InChI=1S/C23H26Cl2N2O2S.CH2O2/c1-3-13(9-10-29-4-2)19-15-8-6-5-7-14(15)11-16(19)27-23(28)17-12-18-21(26-17)20(24)22(25)30-18;2-1-3/h5-8,12-13,16,19,26H,3-4,9-11H2,1-2H3,(H,27,28);1H,(H,2,3)/t13?,16?,19-;/m1./s1. The molecule has 1 aromatic carbocycles. The van der Waals surface area contributed by atoms with Gasteiger partial charge < -0.3 is 20.1 Å². The van der Waals surface area contributed by atoms with Crippen molar-refractivity contribution < 1.29 is 19.4 Å². The lowest BCUT2D eigenvalue weighted by molar-refractivity contribution is -0.122. The van der Waals surface area contributed by atoms with Crippen LogP contribution in [0, 0.1) is 5.92 Å². The van der Waals surface area contributed by atoms with Gasteiger partial charge in [0.25, 0.3) is 12.4 Å². The van der Waals surface area contributed by atoms with E-state index in [-0.39, 0.29) is 24.3 Å². The second-order valence-electron chi connectivity index (χ2n) is 7.88. The molecule has 2 heterocycles. The summed E-state index contributed by atoms with van der Waals surface area (Å²) in [5, 5.41) is 10.7. The predicted molar refractivity (Wildman–Crippen MR) is 134 cm³/mol. The van der Waals surface area contributed by atoms with Crippen molar-refractivity contribution in [1.82, 2.24) is 10.3 Å². The average Bonchev–Trinajstić information content (AvgIpc) is 3.45. The molecule has 0 saturated carbocycles. The van der Waals surface area contributed by atoms with E-state index in [0.29, 0.717) is 21.0 Å². The highest BCUT2D eigenvalue weighted by Crippen LogP contribution is 2.42. The number of amides is 1. The Morgan fingerprint density at radius 1 is 1.36 bits per heavy atom. The van der Waals surface area contributed by atoms with Gasteiger partial charge in [0.2, 0.25) is 0 Å². The highest BCUT2D eigenvalue weighted by Gasteiger charge is 2.38. The number of hydrogen-bond donors (Lipinski definition) is 3. The van der Waals surface area contributed by atoms with Crippen LogP contribution in [0.25, 0.3) is 10.2 Å². The van der Waals surface area contributed by atoms with Gasteiger partial charge in [0.1, 0.15) is 10.0 Å². The smallest absolute Gasteiger partial charge is 0.290 e. The Morgan fingerprint density at radius 2 is 2.09 bits per heavy atom. The zero-order chi connectivity index (χ0) is 24.0. The lowest BCUT2D eigenvalue weighted by atomic mass is 9.81. The molecule has 0 aliphatic heterocycles. The van der Waals surface area contributed by atoms with E-state index >= 15 is 0 Å². The first-order valence-corrected chi connectivity index (χ1v) is 12.5. The number of thiophene rings is 1. The predicted octanol–water partition coefficient (Wildman–Crippen LogP) is 6.13. The number of carbonyl (C=O) groups excluding carboxylic acids is 1. The van der Waals surface area contributed by atoms with Crippen molar-refractivity contribution in [3.63, 3.8) is 0 Å². The van der Waals surface area contributed by atoms with E-state index in [4.69, 9.17) is 37.8 Å². The van der Waals surface area contributed by atoms with E-state index in [1.165, 1.54) is 22.5 Å². The molecule has 4 rings (SSSR count). The lowest BCUT2D eigenvalue weighted by Crippen LogP contribution is -2.40. The van der Waals surface area contributed by atoms with E-state index in [1.54, 1.807) is 0 Å². The maximum absolute atomic E-state index is 13.1. The Kier molecular flexibility index (Phi) is 9.20. The van der Waals surface area contributed by atoms with Crippen molar-refractivity contribution in [2.24, 2.45) is 5.92 Å². The molecule has 1 aliphatic rings. The molecule has 0 spiro atoms. The van der Waals surface area contributed by atoms with Gasteiger partial charge in [-0.15, -0.1) is 11.3 Å². The van der Waals surface area contributed by atoms with Gasteiger partial charge in [0.05, 0.1) is 15.2 Å². The third kappa shape index (κ3) is 5.72. The maximum atomic E-state index is 13.1. The molecule has 3 N–H and O–H groups in total. The van der Waals surface area contributed by atoms with Crippen molar-refractivity contribution in [1.29, 1.82) is 0 Å². The number of benzene rings is 1. The number of ether oxygens (including phenoxy) is 1. The first-order valence-electron chi connectivity index (χ1n) is 11.0. The first-order chi connectivity index (χ1) is 15.9. The number of carboxylic acid groups (broad SMARTS) is 1. The zero-order valence-corrected chi connectivity index (χ0v) is 20.9. The molecule has 9 heteroatoms. The van der Waals surface area contributed by atoms with E-state index in [2.05, 4.69) is 41.5 Å². The third-order valence-corrected chi connectivity index (χ3v) is 8.02. The van der Waals surface area contributed by atoms with Crippen molar-refractivity contribution in [2.75, 3.05) is 13.2 Å². The second kappa shape index (κ2) is 11.9. The summed E-state index contributed by atoms with van der Waals surface area (Å²) in [7, 11) is 0. The number of aromatic nitrogens is 1. The minimum Gasteiger partial charge on any atom is -0.483 e. The molecule has 33 heavy (non-hydrogen) atoms. The fourth-order valence-corrected chi connectivity index (χ4v) is 6.13. The van der Waals surface area contributed by atoms with Crippen LogP contribution >= 0.6 is 34.5 Å². The van der Waals surface area contributed by atoms with Crippen LogP contribution in [-0.2, 0) is 16.0 Å². The molecular formula is C24H28Cl2N2O4S. The molecule has 2 aromatic heterocycles. The second-order valence-corrected chi connectivity index (χ2v) is 9.91. The van der Waals surface area contributed by atoms with Gasteiger partial charge in [-0.1, -0.05) is 60.8 Å². The Bertz CT molecular complexity index is 1100. The number of hydrogen-bond acceptors (Lipinski definition) is 4. The summed E-state index contributed by atoms with van der Waals surface area (Å²) in [5.41, 5.74) is 3.93. The van der Waals surface area contributed by atoms with Crippen LogP contribution in [0.2, 0.25) is 9.36 Å². The molecule has 0 fully saturated rings. The minimum absolute atomic E-state index is 0.0573. The van der Waals surface area contributed by atoms with Gasteiger partial charge in [-0.05, 0) is 42.9 Å².